The van der Waals surface area contributed by atoms with Gasteiger partial charge in [-0.05, 0) is 43.1 Å². The predicted molar refractivity (Wildman–Crippen MR) is 66.3 cm³/mol. The monoisotopic (exact) mass is 230 g/mol. The summed E-state index contributed by atoms with van der Waals surface area (Å²) in [5, 5.41) is 3.32. The van der Waals surface area contributed by atoms with Crippen molar-refractivity contribution in [3.05, 3.63) is 46.9 Å². The second-order valence-corrected chi connectivity index (χ2v) is 4.58. The summed E-state index contributed by atoms with van der Waals surface area (Å²) in [6, 6.07) is 7.52. The number of halogens is 1. The average molecular weight is 230 g/mol. The van der Waals surface area contributed by atoms with E-state index in [2.05, 4.69) is 16.4 Å². The van der Waals surface area contributed by atoms with Crippen LogP contribution in [0.4, 0.5) is 4.39 Å². The van der Waals surface area contributed by atoms with Crippen LogP contribution in [0, 0.1) is 12.7 Å². The molecule has 0 amide bonds. The molecule has 88 valence electrons. The molecule has 0 bridgehead atoms. The number of fused-ring (bicyclic) bond motifs is 1. The standard InChI is InChI=1S/C14H15FN2/c1-9-2-3-10(6-12(9)15)13-7-11-4-5-16-8-14(11)17-13/h2-3,6-7,16-17H,4-5,8H2,1H3. The molecule has 1 aromatic heterocycles. The van der Waals surface area contributed by atoms with Crippen molar-refractivity contribution in [3.63, 3.8) is 0 Å². The Kier molecular flexibility index (Phi) is 2.48. The van der Waals surface area contributed by atoms with E-state index in [1.54, 1.807) is 13.0 Å². The van der Waals surface area contributed by atoms with Crippen molar-refractivity contribution in [1.82, 2.24) is 10.3 Å². The highest BCUT2D eigenvalue weighted by atomic mass is 19.1. The smallest absolute Gasteiger partial charge is 0.126 e. The minimum absolute atomic E-state index is 0.145. The van der Waals surface area contributed by atoms with Gasteiger partial charge in [0.05, 0.1) is 0 Å². The Morgan fingerprint density at radius 1 is 1.24 bits per heavy atom. The maximum atomic E-state index is 13.5. The molecule has 0 saturated carbocycles. The lowest BCUT2D eigenvalue weighted by atomic mass is 10.1. The number of rotatable bonds is 1. The fourth-order valence-corrected chi connectivity index (χ4v) is 2.27. The Bertz CT molecular complexity index is 534. The summed E-state index contributed by atoms with van der Waals surface area (Å²) < 4.78 is 13.5. The zero-order valence-corrected chi connectivity index (χ0v) is 9.81. The second kappa shape index (κ2) is 4.00. The Balaban J connectivity index is 2.03. The van der Waals surface area contributed by atoms with Crippen LogP contribution in [0.5, 0.6) is 0 Å². The van der Waals surface area contributed by atoms with Crippen LogP contribution >= 0.6 is 0 Å². The quantitative estimate of drug-likeness (QED) is 0.774. The predicted octanol–water partition coefficient (Wildman–Crippen LogP) is 2.77. The third-order valence-corrected chi connectivity index (χ3v) is 3.35. The SMILES string of the molecule is Cc1ccc(-c2cc3c([nH]2)CNCC3)cc1F. The van der Waals surface area contributed by atoms with Crippen molar-refractivity contribution in [3.8, 4) is 11.3 Å². The van der Waals surface area contributed by atoms with E-state index in [0.717, 1.165) is 30.8 Å². The van der Waals surface area contributed by atoms with Gasteiger partial charge in [0, 0.05) is 23.5 Å². The molecule has 2 nitrogen and oxygen atoms in total. The highest BCUT2D eigenvalue weighted by molar-refractivity contribution is 5.62. The van der Waals surface area contributed by atoms with E-state index in [-0.39, 0.29) is 5.82 Å². The molecule has 0 aliphatic carbocycles. The minimum Gasteiger partial charge on any atom is -0.357 e. The van der Waals surface area contributed by atoms with E-state index in [9.17, 15) is 4.39 Å². The fraction of sp³-hybridized carbons (Fsp3) is 0.286. The van der Waals surface area contributed by atoms with Gasteiger partial charge in [-0.25, -0.2) is 4.39 Å². The zero-order chi connectivity index (χ0) is 11.8. The van der Waals surface area contributed by atoms with Crippen LogP contribution in [0.25, 0.3) is 11.3 Å². The van der Waals surface area contributed by atoms with Gasteiger partial charge in [0.15, 0.2) is 0 Å². The summed E-state index contributed by atoms with van der Waals surface area (Å²) >= 11 is 0. The maximum Gasteiger partial charge on any atom is 0.126 e. The van der Waals surface area contributed by atoms with Gasteiger partial charge in [-0.3, -0.25) is 0 Å². The fourth-order valence-electron chi connectivity index (χ4n) is 2.27. The number of benzene rings is 1. The lowest BCUT2D eigenvalue weighted by Crippen LogP contribution is -2.22. The number of hydrogen-bond donors (Lipinski definition) is 2. The van der Waals surface area contributed by atoms with Crippen molar-refractivity contribution in [2.24, 2.45) is 0 Å². The van der Waals surface area contributed by atoms with Crippen LogP contribution in [-0.2, 0) is 13.0 Å². The molecule has 0 fully saturated rings. The molecule has 0 atom stereocenters. The van der Waals surface area contributed by atoms with Gasteiger partial charge in [-0.2, -0.15) is 0 Å². The first-order valence-corrected chi connectivity index (χ1v) is 5.92. The molecule has 1 aliphatic rings. The molecule has 0 saturated heterocycles. The average Bonchev–Trinajstić information content (AvgIpc) is 2.76. The molecule has 2 N–H and O–H groups in total. The van der Waals surface area contributed by atoms with E-state index in [4.69, 9.17) is 0 Å². The normalized spacial score (nSPS) is 14.7. The highest BCUT2D eigenvalue weighted by Gasteiger charge is 2.13. The van der Waals surface area contributed by atoms with Crippen LogP contribution in [0.2, 0.25) is 0 Å². The minimum atomic E-state index is -0.145. The molecule has 1 aliphatic heterocycles. The van der Waals surface area contributed by atoms with E-state index in [0.29, 0.717) is 5.56 Å². The van der Waals surface area contributed by atoms with Crippen molar-refractivity contribution < 1.29 is 4.39 Å². The van der Waals surface area contributed by atoms with Crippen molar-refractivity contribution in [2.75, 3.05) is 6.54 Å². The number of aromatic amines is 1. The third-order valence-electron chi connectivity index (χ3n) is 3.35. The number of hydrogen-bond acceptors (Lipinski definition) is 1. The van der Waals surface area contributed by atoms with Crippen LogP contribution in [-0.4, -0.2) is 11.5 Å². The van der Waals surface area contributed by atoms with Crippen LogP contribution < -0.4 is 5.32 Å². The Morgan fingerprint density at radius 3 is 2.88 bits per heavy atom. The molecule has 0 radical (unpaired) electrons. The number of H-pyrrole nitrogens is 1. The maximum absolute atomic E-state index is 13.5. The molecule has 3 heteroatoms. The first-order chi connectivity index (χ1) is 8.24. The summed E-state index contributed by atoms with van der Waals surface area (Å²) in [6.45, 7) is 3.68. The highest BCUT2D eigenvalue weighted by Crippen LogP contribution is 2.25. The van der Waals surface area contributed by atoms with Crippen molar-refractivity contribution in [1.29, 1.82) is 0 Å². The van der Waals surface area contributed by atoms with E-state index < -0.39 is 0 Å². The molecule has 1 aromatic carbocycles. The van der Waals surface area contributed by atoms with Gasteiger partial charge in [0.25, 0.3) is 0 Å². The molecule has 2 heterocycles. The van der Waals surface area contributed by atoms with Crippen LogP contribution in [0.3, 0.4) is 0 Å². The Labute approximate surface area is 99.9 Å². The van der Waals surface area contributed by atoms with Gasteiger partial charge in [0.1, 0.15) is 5.82 Å². The molecular weight excluding hydrogens is 215 g/mol. The van der Waals surface area contributed by atoms with Gasteiger partial charge < -0.3 is 10.3 Å². The zero-order valence-electron chi connectivity index (χ0n) is 9.81. The molecule has 3 rings (SSSR count). The van der Waals surface area contributed by atoms with Crippen LogP contribution in [0.15, 0.2) is 24.3 Å². The van der Waals surface area contributed by atoms with Gasteiger partial charge >= 0.3 is 0 Å². The van der Waals surface area contributed by atoms with Crippen LogP contribution in [0.1, 0.15) is 16.8 Å². The summed E-state index contributed by atoms with van der Waals surface area (Å²) in [5.41, 5.74) is 5.19. The molecule has 17 heavy (non-hydrogen) atoms. The molecular formula is C14H15FN2. The second-order valence-electron chi connectivity index (χ2n) is 4.58. The lowest BCUT2D eigenvalue weighted by Gasteiger charge is -2.11. The van der Waals surface area contributed by atoms with Crippen molar-refractivity contribution in [2.45, 2.75) is 19.9 Å². The summed E-state index contributed by atoms with van der Waals surface area (Å²) in [7, 11) is 0. The Hall–Kier alpha value is -1.61. The van der Waals surface area contributed by atoms with Gasteiger partial charge in [-0.15, -0.1) is 0 Å². The van der Waals surface area contributed by atoms with Gasteiger partial charge in [-0.1, -0.05) is 12.1 Å². The lowest BCUT2D eigenvalue weighted by molar-refractivity contribution is 0.619. The summed E-state index contributed by atoms with van der Waals surface area (Å²) in [5.74, 6) is -0.145. The van der Waals surface area contributed by atoms with E-state index in [1.165, 1.54) is 11.3 Å². The van der Waals surface area contributed by atoms with E-state index in [1.807, 2.05) is 12.1 Å². The topological polar surface area (TPSA) is 27.8 Å². The number of aryl methyl sites for hydroxylation is 1. The number of nitrogens with one attached hydrogen (secondary N) is 2. The first kappa shape index (κ1) is 10.5. The molecule has 0 unspecified atom stereocenters. The number of aromatic nitrogens is 1. The molecule has 0 spiro atoms. The third kappa shape index (κ3) is 1.87. The van der Waals surface area contributed by atoms with Gasteiger partial charge in [0.2, 0.25) is 0 Å². The van der Waals surface area contributed by atoms with E-state index >= 15 is 0 Å². The Morgan fingerprint density at radius 2 is 2.12 bits per heavy atom. The first-order valence-electron chi connectivity index (χ1n) is 5.92. The largest absolute Gasteiger partial charge is 0.357 e. The van der Waals surface area contributed by atoms with Crippen molar-refractivity contribution >= 4 is 0 Å². The summed E-state index contributed by atoms with van der Waals surface area (Å²) in [4.78, 5) is 3.37. The molecule has 2 aromatic rings. The summed E-state index contributed by atoms with van der Waals surface area (Å²) in [6.07, 6.45) is 1.04.